The molecule has 0 unspecified atom stereocenters. The number of oxazole rings is 1. The molecule has 6 heteroatoms. The number of amides is 1. The molecule has 26 heavy (non-hydrogen) atoms. The Balaban J connectivity index is 1.88. The van der Waals surface area contributed by atoms with Crippen molar-refractivity contribution in [3.63, 3.8) is 0 Å². The van der Waals surface area contributed by atoms with E-state index < -0.39 is 0 Å². The van der Waals surface area contributed by atoms with E-state index >= 15 is 0 Å². The second-order valence-corrected chi connectivity index (χ2v) is 5.74. The zero-order valence-corrected chi connectivity index (χ0v) is 15.1. The van der Waals surface area contributed by atoms with Gasteiger partial charge in [-0.1, -0.05) is 12.1 Å². The van der Waals surface area contributed by atoms with Crippen molar-refractivity contribution in [2.24, 2.45) is 0 Å². The first kappa shape index (κ1) is 17.5. The summed E-state index contributed by atoms with van der Waals surface area (Å²) in [5.74, 6) is 1.89. The number of hydrogen-bond acceptors (Lipinski definition) is 5. The molecule has 0 atom stereocenters. The highest BCUT2D eigenvalue weighted by atomic mass is 16.5. The van der Waals surface area contributed by atoms with Gasteiger partial charge in [-0.15, -0.1) is 0 Å². The third kappa shape index (κ3) is 3.39. The minimum absolute atomic E-state index is 0.294. The third-order valence-corrected chi connectivity index (χ3v) is 4.04. The van der Waals surface area contributed by atoms with E-state index in [1.165, 1.54) is 14.2 Å². The van der Waals surface area contributed by atoms with Crippen molar-refractivity contribution in [2.75, 3.05) is 19.5 Å². The maximum Gasteiger partial charge on any atom is 0.259 e. The van der Waals surface area contributed by atoms with Gasteiger partial charge in [-0.05, 0) is 44.2 Å². The van der Waals surface area contributed by atoms with Crippen molar-refractivity contribution >= 4 is 11.6 Å². The number of benzene rings is 2. The highest BCUT2D eigenvalue weighted by molar-refractivity contribution is 6.06. The van der Waals surface area contributed by atoms with E-state index in [1.807, 2.05) is 32.0 Å². The Morgan fingerprint density at radius 2 is 1.85 bits per heavy atom. The monoisotopic (exact) mass is 352 g/mol. The van der Waals surface area contributed by atoms with E-state index in [9.17, 15) is 4.79 Å². The lowest BCUT2D eigenvalue weighted by Gasteiger charge is -2.12. The molecule has 6 nitrogen and oxygen atoms in total. The van der Waals surface area contributed by atoms with Crippen LogP contribution in [0, 0.1) is 13.8 Å². The van der Waals surface area contributed by atoms with Crippen LogP contribution in [0.5, 0.6) is 11.5 Å². The zero-order chi connectivity index (χ0) is 18.7. The van der Waals surface area contributed by atoms with Gasteiger partial charge in [0.15, 0.2) is 11.5 Å². The molecule has 1 N–H and O–H groups in total. The summed E-state index contributed by atoms with van der Waals surface area (Å²) in [7, 11) is 3.03. The molecule has 2 aromatic carbocycles. The molecule has 3 aromatic rings. The minimum Gasteiger partial charge on any atom is -0.493 e. The number of nitrogens with zero attached hydrogens (tertiary/aromatic N) is 1. The second kappa shape index (κ2) is 7.31. The normalized spacial score (nSPS) is 10.5. The van der Waals surface area contributed by atoms with Crippen molar-refractivity contribution in [2.45, 2.75) is 13.8 Å². The van der Waals surface area contributed by atoms with Gasteiger partial charge < -0.3 is 19.2 Å². The molecular weight excluding hydrogens is 332 g/mol. The van der Waals surface area contributed by atoms with Crippen LogP contribution in [-0.4, -0.2) is 25.1 Å². The standard InChI is InChI=1S/C20H20N2O4/c1-12-13(2)26-20(21-12)14-7-5-8-15(11-14)22-19(23)16-9-6-10-17(24-3)18(16)25-4/h5-11H,1-4H3,(H,22,23). The number of para-hydroxylation sites is 1. The Labute approximate surface area is 151 Å². The molecule has 0 aliphatic rings. The van der Waals surface area contributed by atoms with Crippen LogP contribution in [0.1, 0.15) is 21.8 Å². The van der Waals surface area contributed by atoms with Crippen LogP contribution in [0.2, 0.25) is 0 Å². The summed E-state index contributed by atoms with van der Waals surface area (Å²) in [6, 6.07) is 12.5. The summed E-state index contributed by atoms with van der Waals surface area (Å²) in [5.41, 5.74) is 2.65. The number of carbonyl (C=O) groups excluding carboxylic acids is 1. The summed E-state index contributed by atoms with van der Waals surface area (Å²) in [4.78, 5) is 17.1. The summed E-state index contributed by atoms with van der Waals surface area (Å²) >= 11 is 0. The van der Waals surface area contributed by atoms with Crippen molar-refractivity contribution in [3.05, 3.63) is 59.5 Å². The van der Waals surface area contributed by atoms with Crippen molar-refractivity contribution in [1.82, 2.24) is 4.98 Å². The molecule has 0 radical (unpaired) electrons. The first-order chi connectivity index (χ1) is 12.5. The average Bonchev–Trinajstić information content (AvgIpc) is 3.00. The lowest BCUT2D eigenvalue weighted by Crippen LogP contribution is -2.13. The van der Waals surface area contributed by atoms with Crippen LogP contribution >= 0.6 is 0 Å². The number of carbonyl (C=O) groups is 1. The van der Waals surface area contributed by atoms with Crippen molar-refractivity contribution in [3.8, 4) is 23.0 Å². The van der Waals surface area contributed by atoms with Gasteiger partial charge in [-0.25, -0.2) is 4.98 Å². The van der Waals surface area contributed by atoms with E-state index in [0.29, 0.717) is 28.6 Å². The summed E-state index contributed by atoms with van der Waals surface area (Å²) in [6.07, 6.45) is 0. The first-order valence-electron chi connectivity index (χ1n) is 8.10. The topological polar surface area (TPSA) is 73.6 Å². The minimum atomic E-state index is -0.294. The predicted octanol–water partition coefficient (Wildman–Crippen LogP) is 4.23. The van der Waals surface area contributed by atoms with Gasteiger partial charge in [0, 0.05) is 11.3 Å². The number of methoxy groups -OCH3 is 2. The number of nitrogens with one attached hydrogen (secondary N) is 1. The molecule has 0 fully saturated rings. The fraction of sp³-hybridized carbons (Fsp3) is 0.200. The smallest absolute Gasteiger partial charge is 0.259 e. The van der Waals surface area contributed by atoms with Crippen molar-refractivity contribution < 1.29 is 18.7 Å². The molecule has 0 aliphatic heterocycles. The lowest BCUT2D eigenvalue weighted by molar-refractivity contribution is 0.102. The van der Waals surface area contributed by atoms with Gasteiger partial charge in [0.25, 0.3) is 5.91 Å². The number of hydrogen-bond donors (Lipinski definition) is 1. The van der Waals surface area contributed by atoms with Gasteiger partial charge in [-0.2, -0.15) is 0 Å². The predicted molar refractivity (Wildman–Crippen MR) is 98.9 cm³/mol. The fourth-order valence-electron chi connectivity index (χ4n) is 2.59. The van der Waals surface area contributed by atoms with E-state index in [2.05, 4.69) is 10.3 Å². The molecule has 1 aromatic heterocycles. The van der Waals surface area contributed by atoms with Crippen LogP contribution in [0.15, 0.2) is 46.9 Å². The Bertz CT molecular complexity index is 927. The van der Waals surface area contributed by atoms with Crippen LogP contribution < -0.4 is 14.8 Å². The average molecular weight is 352 g/mol. The number of aromatic nitrogens is 1. The second-order valence-electron chi connectivity index (χ2n) is 5.74. The van der Waals surface area contributed by atoms with Gasteiger partial charge >= 0.3 is 0 Å². The summed E-state index contributed by atoms with van der Waals surface area (Å²) < 4.78 is 16.2. The Morgan fingerprint density at radius 1 is 1.08 bits per heavy atom. The third-order valence-electron chi connectivity index (χ3n) is 4.04. The van der Waals surface area contributed by atoms with Crippen LogP contribution in [-0.2, 0) is 0 Å². The van der Waals surface area contributed by atoms with Gasteiger partial charge in [0.05, 0.1) is 25.5 Å². The summed E-state index contributed by atoms with van der Waals surface area (Å²) in [5, 5.41) is 2.87. The number of aryl methyl sites for hydroxylation is 2. The SMILES string of the molecule is COc1cccc(C(=O)Nc2cccc(-c3nc(C)c(C)o3)c2)c1OC. The molecule has 1 heterocycles. The molecule has 0 spiro atoms. The van der Waals surface area contributed by atoms with E-state index in [-0.39, 0.29) is 5.91 Å². The lowest BCUT2D eigenvalue weighted by atomic mass is 10.1. The Hall–Kier alpha value is -3.28. The van der Waals surface area contributed by atoms with E-state index in [4.69, 9.17) is 13.9 Å². The van der Waals surface area contributed by atoms with Gasteiger partial charge in [0.2, 0.25) is 5.89 Å². The van der Waals surface area contributed by atoms with E-state index in [1.54, 1.807) is 24.3 Å². The van der Waals surface area contributed by atoms with E-state index in [0.717, 1.165) is 17.0 Å². The fourth-order valence-corrected chi connectivity index (χ4v) is 2.59. The molecule has 3 rings (SSSR count). The van der Waals surface area contributed by atoms with Crippen molar-refractivity contribution in [1.29, 1.82) is 0 Å². The first-order valence-corrected chi connectivity index (χ1v) is 8.10. The van der Waals surface area contributed by atoms with Crippen LogP contribution in [0.25, 0.3) is 11.5 Å². The van der Waals surface area contributed by atoms with Gasteiger partial charge in [0.1, 0.15) is 5.76 Å². The molecule has 0 saturated carbocycles. The molecular formula is C20H20N2O4. The summed E-state index contributed by atoms with van der Waals surface area (Å²) in [6.45, 7) is 3.76. The maximum absolute atomic E-state index is 12.7. The van der Waals surface area contributed by atoms with Gasteiger partial charge in [-0.3, -0.25) is 4.79 Å². The largest absolute Gasteiger partial charge is 0.493 e. The highest BCUT2D eigenvalue weighted by Crippen LogP contribution is 2.31. The zero-order valence-electron chi connectivity index (χ0n) is 15.1. The van der Waals surface area contributed by atoms with Crippen LogP contribution in [0.4, 0.5) is 5.69 Å². The Morgan fingerprint density at radius 3 is 2.50 bits per heavy atom. The molecule has 1 amide bonds. The quantitative estimate of drug-likeness (QED) is 0.744. The number of rotatable bonds is 5. The number of anilines is 1. The number of ether oxygens (including phenoxy) is 2. The molecule has 0 bridgehead atoms. The molecule has 0 saturated heterocycles. The maximum atomic E-state index is 12.7. The van der Waals surface area contributed by atoms with Crippen LogP contribution in [0.3, 0.4) is 0 Å². The Kier molecular flexibility index (Phi) is 4.93. The highest BCUT2D eigenvalue weighted by Gasteiger charge is 2.17. The molecule has 0 aliphatic carbocycles. The molecule has 134 valence electrons.